The molecule has 2 rings (SSSR count). The smallest absolute Gasteiger partial charge is 0.222 e. The molecule has 0 radical (unpaired) electrons. The van der Waals surface area contributed by atoms with E-state index in [0.717, 1.165) is 25.2 Å². The van der Waals surface area contributed by atoms with Crippen molar-refractivity contribution in [2.24, 2.45) is 5.92 Å². The van der Waals surface area contributed by atoms with Crippen molar-refractivity contribution in [1.82, 2.24) is 9.62 Å². The number of piperidine rings is 1. The van der Waals surface area contributed by atoms with Crippen LogP contribution >= 0.6 is 0 Å². The van der Waals surface area contributed by atoms with Crippen LogP contribution in [0, 0.1) is 5.92 Å². The van der Waals surface area contributed by atoms with Crippen molar-refractivity contribution < 1.29 is 13.2 Å². The minimum atomic E-state index is -3.14. The Morgan fingerprint density at radius 2 is 1.71 bits per heavy atom. The van der Waals surface area contributed by atoms with Crippen molar-refractivity contribution in [1.29, 1.82) is 0 Å². The minimum Gasteiger partial charge on any atom is -0.343 e. The molecule has 5 nitrogen and oxygen atoms in total. The van der Waals surface area contributed by atoms with Crippen molar-refractivity contribution in [3.05, 3.63) is 0 Å². The number of nitrogens with zero attached hydrogens (tertiary/aromatic N) is 1. The van der Waals surface area contributed by atoms with Gasteiger partial charge in [-0.1, -0.05) is 32.1 Å². The molecule has 21 heavy (non-hydrogen) atoms. The normalized spacial score (nSPS) is 22.4. The maximum Gasteiger partial charge on any atom is 0.222 e. The van der Waals surface area contributed by atoms with Gasteiger partial charge in [-0.2, -0.15) is 0 Å². The summed E-state index contributed by atoms with van der Waals surface area (Å²) in [5.74, 6) is 0.991. The number of hydrogen-bond donors (Lipinski definition) is 1. The van der Waals surface area contributed by atoms with Crippen molar-refractivity contribution in [2.75, 3.05) is 19.3 Å². The Labute approximate surface area is 128 Å². The fourth-order valence-corrected chi connectivity index (χ4v) is 4.35. The molecular weight excluding hydrogens is 288 g/mol. The molecule has 0 unspecified atom stereocenters. The lowest BCUT2D eigenvalue weighted by atomic mass is 9.86. The average Bonchev–Trinajstić information content (AvgIpc) is 2.45. The van der Waals surface area contributed by atoms with Gasteiger partial charge in [0.2, 0.25) is 15.9 Å². The summed E-state index contributed by atoms with van der Waals surface area (Å²) in [6.45, 7) is 1.35. The molecule has 0 spiro atoms. The standard InChI is InChI=1S/C15H28N2O3S/c1-21(19,20)16-14-9-11-17(12-10-14)15(18)8-7-13-5-3-2-4-6-13/h13-14,16H,2-12H2,1H3. The maximum atomic E-state index is 12.2. The molecule has 1 aliphatic carbocycles. The largest absolute Gasteiger partial charge is 0.343 e. The summed E-state index contributed by atoms with van der Waals surface area (Å²) in [6, 6.07) is -0.0117. The first-order valence-corrected chi connectivity index (χ1v) is 10.1. The molecule has 1 heterocycles. The second kappa shape index (κ2) is 7.58. The van der Waals surface area contributed by atoms with Crippen molar-refractivity contribution in [3.8, 4) is 0 Å². The maximum absolute atomic E-state index is 12.2. The second-order valence-corrected chi connectivity index (χ2v) is 8.37. The first-order chi connectivity index (χ1) is 9.94. The first-order valence-electron chi connectivity index (χ1n) is 8.19. The summed E-state index contributed by atoms with van der Waals surface area (Å²) in [5.41, 5.74) is 0. The van der Waals surface area contributed by atoms with Gasteiger partial charge < -0.3 is 4.90 Å². The van der Waals surface area contributed by atoms with Crippen molar-refractivity contribution >= 4 is 15.9 Å². The van der Waals surface area contributed by atoms with E-state index in [4.69, 9.17) is 0 Å². The van der Waals surface area contributed by atoms with E-state index in [1.165, 1.54) is 38.4 Å². The molecule has 1 amide bonds. The van der Waals surface area contributed by atoms with Gasteiger partial charge in [-0.15, -0.1) is 0 Å². The lowest BCUT2D eigenvalue weighted by Gasteiger charge is -2.32. The zero-order valence-electron chi connectivity index (χ0n) is 13.0. The Balaban J connectivity index is 1.67. The van der Waals surface area contributed by atoms with E-state index in [-0.39, 0.29) is 11.9 Å². The van der Waals surface area contributed by atoms with Crippen LogP contribution in [0.1, 0.15) is 57.8 Å². The first kappa shape index (κ1) is 16.7. The minimum absolute atomic E-state index is 0.0117. The quantitative estimate of drug-likeness (QED) is 0.842. The van der Waals surface area contributed by atoms with Crippen LogP contribution in [0.3, 0.4) is 0 Å². The molecular formula is C15H28N2O3S. The average molecular weight is 316 g/mol. The van der Waals surface area contributed by atoms with E-state index in [1.807, 2.05) is 4.90 Å². The Morgan fingerprint density at radius 1 is 1.10 bits per heavy atom. The zero-order chi connectivity index (χ0) is 15.3. The van der Waals surface area contributed by atoms with Crippen LogP contribution in [0.5, 0.6) is 0 Å². The van der Waals surface area contributed by atoms with Gasteiger partial charge in [0.1, 0.15) is 0 Å². The zero-order valence-corrected chi connectivity index (χ0v) is 13.8. The number of sulfonamides is 1. The van der Waals surface area contributed by atoms with Crippen LogP contribution in [-0.4, -0.2) is 44.6 Å². The highest BCUT2D eigenvalue weighted by molar-refractivity contribution is 7.88. The summed E-state index contributed by atoms with van der Waals surface area (Å²) < 4.78 is 25.0. The van der Waals surface area contributed by atoms with E-state index in [2.05, 4.69) is 4.72 Å². The second-order valence-electron chi connectivity index (χ2n) is 6.59. The van der Waals surface area contributed by atoms with Gasteiger partial charge in [0.15, 0.2) is 0 Å². The van der Waals surface area contributed by atoms with Gasteiger partial charge in [0.25, 0.3) is 0 Å². The molecule has 0 aromatic heterocycles. The molecule has 122 valence electrons. The Bertz CT molecular complexity index is 436. The number of carbonyl (C=O) groups excluding carboxylic acids is 1. The van der Waals surface area contributed by atoms with Crippen molar-refractivity contribution in [3.63, 3.8) is 0 Å². The van der Waals surface area contributed by atoms with Gasteiger partial charge in [-0.25, -0.2) is 13.1 Å². The monoisotopic (exact) mass is 316 g/mol. The van der Waals surface area contributed by atoms with Crippen LogP contribution < -0.4 is 4.72 Å². The number of hydrogen-bond acceptors (Lipinski definition) is 3. The van der Waals surface area contributed by atoms with Gasteiger partial charge >= 0.3 is 0 Å². The van der Waals surface area contributed by atoms with Gasteiger partial charge in [0.05, 0.1) is 6.26 Å². The van der Waals surface area contributed by atoms with Crippen LogP contribution in [0.15, 0.2) is 0 Å². The van der Waals surface area contributed by atoms with Crippen LogP contribution in [0.2, 0.25) is 0 Å². The topological polar surface area (TPSA) is 66.5 Å². The van der Waals surface area contributed by atoms with E-state index in [9.17, 15) is 13.2 Å². The molecule has 1 saturated heterocycles. The molecule has 2 fully saturated rings. The lowest BCUT2D eigenvalue weighted by molar-refractivity contribution is -0.132. The molecule has 0 aromatic carbocycles. The Morgan fingerprint density at radius 3 is 2.29 bits per heavy atom. The molecule has 0 aromatic rings. The molecule has 6 heteroatoms. The van der Waals surface area contributed by atoms with Gasteiger partial charge in [-0.3, -0.25) is 4.79 Å². The highest BCUT2D eigenvalue weighted by Gasteiger charge is 2.25. The van der Waals surface area contributed by atoms with E-state index < -0.39 is 10.0 Å². The number of rotatable bonds is 5. The molecule has 1 aliphatic heterocycles. The summed E-state index contributed by atoms with van der Waals surface area (Å²) in [7, 11) is -3.14. The third-order valence-corrected chi connectivity index (χ3v) is 5.48. The van der Waals surface area contributed by atoms with Gasteiger partial charge in [0, 0.05) is 25.6 Å². The molecule has 0 atom stereocenters. The van der Waals surface area contributed by atoms with E-state index in [0.29, 0.717) is 19.5 Å². The summed E-state index contributed by atoms with van der Waals surface area (Å²) in [4.78, 5) is 14.1. The Hall–Kier alpha value is -0.620. The Kier molecular flexibility index (Phi) is 6.05. The number of amides is 1. The predicted octanol–water partition coefficient (Wildman–Crippen LogP) is 1.89. The van der Waals surface area contributed by atoms with Crippen LogP contribution in [-0.2, 0) is 14.8 Å². The summed E-state index contributed by atoms with van der Waals surface area (Å²) in [6.07, 6.45) is 10.9. The molecule has 0 bridgehead atoms. The molecule has 2 aliphatic rings. The number of carbonyl (C=O) groups is 1. The van der Waals surface area contributed by atoms with Gasteiger partial charge in [-0.05, 0) is 25.2 Å². The van der Waals surface area contributed by atoms with Crippen LogP contribution in [0.25, 0.3) is 0 Å². The van der Waals surface area contributed by atoms with E-state index >= 15 is 0 Å². The SMILES string of the molecule is CS(=O)(=O)NC1CCN(C(=O)CCC2CCCCC2)CC1. The fraction of sp³-hybridized carbons (Fsp3) is 0.933. The highest BCUT2D eigenvalue weighted by atomic mass is 32.2. The van der Waals surface area contributed by atoms with Crippen molar-refractivity contribution in [2.45, 2.75) is 63.8 Å². The molecule has 1 N–H and O–H groups in total. The summed E-state index contributed by atoms with van der Waals surface area (Å²) in [5, 5.41) is 0. The number of nitrogens with one attached hydrogen (secondary N) is 1. The fourth-order valence-electron chi connectivity index (χ4n) is 3.51. The third-order valence-electron chi connectivity index (χ3n) is 4.72. The number of likely N-dealkylation sites (tertiary alicyclic amines) is 1. The lowest BCUT2D eigenvalue weighted by Crippen LogP contribution is -2.46. The molecule has 1 saturated carbocycles. The summed E-state index contributed by atoms with van der Waals surface area (Å²) >= 11 is 0. The third kappa shape index (κ3) is 5.94. The highest BCUT2D eigenvalue weighted by Crippen LogP contribution is 2.27. The predicted molar refractivity (Wildman–Crippen MR) is 83.4 cm³/mol. The van der Waals surface area contributed by atoms with Crippen LogP contribution in [0.4, 0.5) is 0 Å². The van der Waals surface area contributed by atoms with E-state index in [1.54, 1.807) is 0 Å².